The van der Waals surface area contributed by atoms with Gasteiger partial charge in [0.25, 0.3) is 0 Å². The van der Waals surface area contributed by atoms with Gasteiger partial charge in [0, 0.05) is 24.0 Å². The molecule has 4 heteroatoms. The van der Waals surface area contributed by atoms with Crippen molar-refractivity contribution >= 4 is 17.3 Å². The van der Waals surface area contributed by atoms with Crippen LogP contribution in [0.1, 0.15) is 48.8 Å². The van der Waals surface area contributed by atoms with Crippen LogP contribution >= 0.6 is 0 Å². The number of anilines is 2. The minimum atomic E-state index is -0.0239. The van der Waals surface area contributed by atoms with Crippen molar-refractivity contribution in [1.29, 1.82) is 0 Å². The minimum Gasteiger partial charge on any atom is -0.376 e. The van der Waals surface area contributed by atoms with Crippen LogP contribution in [0.3, 0.4) is 0 Å². The summed E-state index contributed by atoms with van der Waals surface area (Å²) in [6, 6.07) is 15.0. The number of amides is 1. The summed E-state index contributed by atoms with van der Waals surface area (Å²) in [4.78, 5) is 14.9. The summed E-state index contributed by atoms with van der Waals surface area (Å²) in [6.07, 6.45) is 6.65. The van der Waals surface area contributed by atoms with E-state index in [1.54, 1.807) is 0 Å². The Hall–Kier alpha value is -2.33. The molecule has 1 fully saturated rings. The Bertz CT molecular complexity index is 796. The monoisotopic (exact) mass is 379 g/mol. The van der Waals surface area contributed by atoms with E-state index in [0.717, 1.165) is 23.5 Å². The van der Waals surface area contributed by atoms with E-state index in [1.807, 2.05) is 25.1 Å². The molecule has 0 aliphatic heterocycles. The Morgan fingerprint density at radius 2 is 1.71 bits per heavy atom. The highest BCUT2D eigenvalue weighted by molar-refractivity contribution is 5.94. The second-order valence-electron chi connectivity index (χ2n) is 8.01. The Balaban J connectivity index is 1.58. The molecule has 2 aromatic rings. The van der Waals surface area contributed by atoms with Gasteiger partial charge in [0.15, 0.2) is 0 Å². The molecule has 0 saturated heterocycles. The van der Waals surface area contributed by atoms with Gasteiger partial charge in [0.1, 0.15) is 0 Å². The molecule has 1 saturated carbocycles. The van der Waals surface area contributed by atoms with Crippen LogP contribution in [-0.4, -0.2) is 30.4 Å². The van der Waals surface area contributed by atoms with Crippen molar-refractivity contribution in [3.05, 3.63) is 59.2 Å². The molecule has 4 nitrogen and oxygen atoms in total. The molecular weight excluding hydrogens is 346 g/mol. The predicted molar refractivity (Wildman–Crippen MR) is 118 cm³/mol. The Kier molecular flexibility index (Phi) is 7.10. The lowest BCUT2D eigenvalue weighted by molar-refractivity contribution is -0.114. The third kappa shape index (κ3) is 5.35. The Morgan fingerprint density at radius 1 is 1.00 bits per heavy atom. The maximum Gasteiger partial charge on any atom is 0.243 e. The zero-order valence-corrected chi connectivity index (χ0v) is 17.4. The average Bonchev–Trinajstić information content (AvgIpc) is 2.71. The van der Waals surface area contributed by atoms with Gasteiger partial charge >= 0.3 is 0 Å². The van der Waals surface area contributed by atoms with Crippen LogP contribution in [0, 0.1) is 13.8 Å². The summed E-state index contributed by atoms with van der Waals surface area (Å²) in [5, 5.41) is 6.36. The van der Waals surface area contributed by atoms with E-state index in [4.69, 9.17) is 0 Å². The van der Waals surface area contributed by atoms with E-state index in [1.165, 1.54) is 43.2 Å². The van der Waals surface area contributed by atoms with E-state index >= 15 is 0 Å². The van der Waals surface area contributed by atoms with Gasteiger partial charge in [-0.15, -0.1) is 0 Å². The zero-order chi connectivity index (χ0) is 19.9. The summed E-state index contributed by atoms with van der Waals surface area (Å²) in [5.74, 6) is -0.0239. The molecule has 28 heavy (non-hydrogen) atoms. The van der Waals surface area contributed by atoms with Gasteiger partial charge in [-0.05, 0) is 62.6 Å². The normalized spacial score (nSPS) is 14.9. The molecule has 0 spiro atoms. The number of rotatable bonds is 7. The van der Waals surface area contributed by atoms with Crippen LogP contribution in [0.15, 0.2) is 42.5 Å². The van der Waals surface area contributed by atoms with E-state index in [-0.39, 0.29) is 12.5 Å². The lowest BCUT2D eigenvalue weighted by Gasteiger charge is -2.31. The highest BCUT2D eigenvalue weighted by atomic mass is 16.1. The van der Waals surface area contributed by atoms with Gasteiger partial charge in [-0.3, -0.25) is 9.69 Å². The number of benzene rings is 2. The average molecular weight is 380 g/mol. The molecule has 2 N–H and O–H groups in total. The topological polar surface area (TPSA) is 44.4 Å². The minimum absolute atomic E-state index is 0.0239. The van der Waals surface area contributed by atoms with Gasteiger partial charge < -0.3 is 10.6 Å². The molecule has 3 rings (SSSR count). The number of aryl methyl sites for hydroxylation is 1. The molecule has 0 unspecified atom stereocenters. The Labute approximate surface area is 169 Å². The fraction of sp³-hybridized carbons (Fsp3) is 0.458. The number of hydrogen-bond donors (Lipinski definition) is 2. The zero-order valence-electron chi connectivity index (χ0n) is 17.4. The van der Waals surface area contributed by atoms with Gasteiger partial charge in [0.2, 0.25) is 5.91 Å². The van der Waals surface area contributed by atoms with E-state index in [9.17, 15) is 4.79 Å². The maximum absolute atomic E-state index is 12.4. The molecular formula is C24H33N3O. The van der Waals surface area contributed by atoms with E-state index < -0.39 is 0 Å². The number of nitrogens with one attached hydrogen (secondary N) is 2. The molecule has 150 valence electrons. The number of carbonyl (C=O) groups excluding carboxylic acids is 1. The number of hydrogen-bond acceptors (Lipinski definition) is 3. The van der Waals surface area contributed by atoms with Crippen LogP contribution in [0.2, 0.25) is 0 Å². The molecule has 0 radical (unpaired) electrons. The molecule has 2 aromatic carbocycles. The highest BCUT2D eigenvalue weighted by Gasteiger charge is 2.19. The smallest absolute Gasteiger partial charge is 0.243 e. The van der Waals surface area contributed by atoms with Crippen LogP contribution < -0.4 is 10.6 Å². The van der Waals surface area contributed by atoms with Crippen molar-refractivity contribution in [2.75, 3.05) is 24.2 Å². The van der Waals surface area contributed by atoms with E-state index in [0.29, 0.717) is 6.04 Å². The van der Waals surface area contributed by atoms with Crippen LogP contribution in [0.25, 0.3) is 0 Å². The first-order valence-corrected chi connectivity index (χ1v) is 10.4. The van der Waals surface area contributed by atoms with Crippen molar-refractivity contribution in [2.45, 2.75) is 58.5 Å². The van der Waals surface area contributed by atoms with Crippen LogP contribution in [0.4, 0.5) is 11.4 Å². The van der Waals surface area contributed by atoms with Crippen molar-refractivity contribution in [1.82, 2.24) is 4.90 Å². The fourth-order valence-electron chi connectivity index (χ4n) is 4.01. The first-order valence-electron chi connectivity index (χ1n) is 10.4. The van der Waals surface area contributed by atoms with E-state index in [2.05, 4.69) is 53.8 Å². The predicted octanol–water partition coefficient (Wildman–Crippen LogP) is 5.12. The molecule has 0 heterocycles. The summed E-state index contributed by atoms with van der Waals surface area (Å²) >= 11 is 0. The third-order valence-corrected chi connectivity index (χ3v) is 5.95. The highest BCUT2D eigenvalue weighted by Crippen LogP contribution is 2.25. The van der Waals surface area contributed by atoms with Crippen molar-refractivity contribution in [3.8, 4) is 0 Å². The molecule has 1 aliphatic rings. The summed E-state index contributed by atoms with van der Waals surface area (Å²) in [7, 11) is 2.22. The largest absolute Gasteiger partial charge is 0.376 e. The fourth-order valence-corrected chi connectivity index (χ4v) is 4.01. The van der Waals surface area contributed by atoms with Gasteiger partial charge in [0.05, 0.1) is 6.54 Å². The second kappa shape index (κ2) is 9.74. The Morgan fingerprint density at radius 3 is 2.50 bits per heavy atom. The molecule has 0 aromatic heterocycles. The van der Waals surface area contributed by atoms with Crippen LogP contribution in [0.5, 0.6) is 0 Å². The van der Waals surface area contributed by atoms with Crippen LogP contribution in [-0.2, 0) is 11.3 Å². The van der Waals surface area contributed by atoms with Gasteiger partial charge in [-0.25, -0.2) is 0 Å². The number of carbonyl (C=O) groups is 1. The third-order valence-electron chi connectivity index (χ3n) is 5.95. The standard InChI is InChI=1S/C24H33N3O/c1-18-10-9-15-22(19(18)2)26-24(28)16-25-23-14-8-7-11-20(23)17-27(3)21-12-5-4-6-13-21/h7-11,14-15,21,25H,4-6,12-13,16-17H2,1-3H3,(H,26,28). The molecule has 1 amide bonds. The van der Waals surface area contributed by atoms with Gasteiger partial charge in [-0.1, -0.05) is 49.6 Å². The second-order valence-corrected chi connectivity index (χ2v) is 8.01. The lowest BCUT2D eigenvalue weighted by Crippen LogP contribution is -2.33. The molecule has 1 aliphatic carbocycles. The maximum atomic E-state index is 12.4. The SMILES string of the molecule is Cc1cccc(NC(=O)CNc2ccccc2CN(C)C2CCCCC2)c1C. The quantitative estimate of drug-likeness (QED) is 0.702. The molecule has 0 bridgehead atoms. The molecule has 0 atom stereocenters. The first-order chi connectivity index (χ1) is 13.5. The summed E-state index contributed by atoms with van der Waals surface area (Å²) in [5.41, 5.74) is 5.47. The number of nitrogens with zero attached hydrogens (tertiary/aromatic N) is 1. The van der Waals surface area contributed by atoms with Gasteiger partial charge in [-0.2, -0.15) is 0 Å². The summed E-state index contributed by atoms with van der Waals surface area (Å²) in [6.45, 7) is 5.26. The van der Waals surface area contributed by atoms with Crippen molar-refractivity contribution in [2.24, 2.45) is 0 Å². The van der Waals surface area contributed by atoms with Crippen molar-refractivity contribution < 1.29 is 4.79 Å². The lowest BCUT2D eigenvalue weighted by atomic mass is 9.94. The van der Waals surface area contributed by atoms with Crippen molar-refractivity contribution in [3.63, 3.8) is 0 Å². The number of para-hydroxylation sites is 1. The summed E-state index contributed by atoms with van der Waals surface area (Å²) < 4.78 is 0. The first kappa shape index (κ1) is 20.4.